The molecule has 0 saturated heterocycles. The summed E-state index contributed by atoms with van der Waals surface area (Å²) in [6.45, 7) is 0. The summed E-state index contributed by atoms with van der Waals surface area (Å²) < 4.78 is 15.3. The highest BCUT2D eigenvalue weighted by molar-refractivity contribution is 6.03. The number of fused-ring (bicyclic) bond motifs is 1. The van der Waals surface area contributed by atoms with E-state index in [0.29, 0.717) is 0 Å². The van der Waals surface area contributed by atoms with Crippen LogP contribution in [0.5, 0.6) is 0 Å². The van der Waals surface area contributed by atoms with Gasteiger partial charge >= 0.3 is 0 Å². The Hall–Kier alpha value is -3.55. The molecule has 1 atom stereocenters. The van der Waals surface area contributed by atoms with Crippen molar-refractivity contribution in [1.29, 1.82) is 0 Å². The summed E-state index contributed by atoms with van der Waals surface area (Å²) in [5.74, 6) is -1.25. The van der Waals surface area contributed by atoms with Crippen LogP contribution in [0, 0.1) is 5.82 Å². The molecule has 0 bridgehead atoms. The molecule has 0 fully saturated rings. The Morgan fingerprint density at radius 3 is 2.65 bits per heavy atom. The highest BCUT2D eigenvalue weighted by Crippen LogP contribution is 2.29. The van der Waals surface area contributed by atoms with Crippen LogP contribution in [0.3, 0.4) is 0 Å². The third-order valence-electron chi connectivity index (χ3n) is 4.08. The smallest absolute Gasteiger partial charge is 0.261 e. The minimum absolute atomic E-state index is 0.00335. The summed E-state index contributed by atoms with van der Waals surface area (Å²) in [6, 6.07) is 14.7. The van der Waals surface area contributed by atoms with Gasteiger partial charge in [-0.1, -0.05) is 42.5 Å². The summed E-state index contributed by atoms with van der Waals surface area (Å²) in [4.78, 5) is 28.4. The van der Waals surface area contributed by atoms with E-state index in [4.69, 9.17) is 0 Å². The molecule has 2 amide bonds. The molecule has 0 radical (unpaired) electrons. The lowest BCUT2D eigenvalue weighted by molar-refractivity contribution is -0.117. The Labute approximate surface area is 147 Å². The Morgan fingerprint density at radius 1 is 1.15 bits per heavy atom. The number of hydrogen-bond donors (Lipinski definition) is 2. The average molecular weight is 351 g/mol. The van der Waals surface area contributed by atoms with Gasteiger partial charge in [-0.05, 0) is 17.7 Å². The molecule has 1 unspecified atom stereocenters. The number of amides is 2. The van der Waals surface area contributed by atoms with Crippen LogP contribution in [0.1, 0.15) is 28.4 Å². The number of aromatic nitrogens is 3. The molecule has 0 aliphatic carbocycles. The molecule has 0 spiro atoms. The van der Waals surface area contributed by atoms with Crippen molar-refractivity contribution in [2.75, 3.05) is 10.6 Å². The second-order valence-corrected chi connectivity index (χ2v) is 5.82. The van der Waals surface area contributed by atoms with Crippen molar-refractivity contribution in [3.63, 3.8) is 0 Å². The fourth-order valence-corrected chi connectivity index (χ4v) is 2.87. The van der Waals surface area contributed by atoms with Gasteiger partial charge in [0.15, 0.2) is 0 Å². The quantitative estimate of drug-likeness (QED) is 0.759. The zero-order valence-corrected chi connectivity index (χ0v) is 13.5. The fourth-order valence-electron chi connectivity index (χ4n) is 2.87. The second-order valence-electron chi connectivity index (χ2n) is 5.82. The van der Waals surface area contributed by atoms with E-state index in [1.54, 1.807) is 10.7 Å². The van der Waals surface area contributed by atoms with Gasteiger partial charge < -0.3 is 0 Å². The number of nitrogens with one attached hydrogen (secondary N) is 2. The number of anilines is 2. The predicted octanol–water partition coefficient (Wildman–Crippen LogP) is 2.60. The molecule has 1 aromatic heterocycles. The third kappa shape index (κ3) is 2.92. The first-order valence-corrected chi connectivity index (χ1v) is 7.99. The first kappa shape index (κ1) is 15.9. The standard InChI is InChI=1S/C18H14FN5O2/c19-13-9-5-4-8-12(13)16(26)21-17-22-18-20-15(25)10-14(24(18)23-17)11-6-2-1-3-7-11/h1-9,14H,10H2,(H2,20,21,22,23,25,26). The van der Waals surface area contributed by atoms with Crippen LogP contribution in [0.4, 0.5) is 16.3 Å². The van der Waals surface area contributed by atoms with Crippen LogP contribution in [0.2, 0.25) is 0 Å². The Bertz CT molecular complexity index is 986. The summed E-state index contributed by atoms with van der Waals surface area (Å²) >= 11 is 0. The van der Waals surface area contributed by atoms with Crippen LogP contribution >= 0.6 is 0 Å². The molecule has 26 heavy (non-hydrogen) atoms. The highest BCUT2D eigenvalue weighted by atomic mass is 19.1. The molecule has 2 N–H and O–H groups in total. The topological polar surface area (TPSA) is 88.9 Å². The Morgan fingerprint density at radius 2 is 1.88 bits per heavy atom. The summed E-state index contributed by atoms with van der Waals surface area (Å²) in [7, 11) is 0. The molecule has 2 aromatic carbocycles. The molecule has 1 aliphatic rings. The molecule has 4 rings (SSSR count). The van der Waals surface area contributed by atoms with Crippen molar-refractivity contribution >= 4 is 23.7 Å². The van der Waals surface area contributed by atoms with Gasteiger partial charge in [0.25, 0.3) is 11.9 Å². The molecule has 8 heteroatoms. The molecule has 2 heterocycles. The fraction of sp³-hybridized carbons (Fsp3) is 0.111. The van der Waals surface area contributed by atoms with Crippen LogP contribution in [0.25, 0.3) is 0 Å². The Kier molecular flexibility index (Phi) is 3.92. The van der Waals surface area contributed by atoms with Gasteiger partial charge in [0.2, 0.25) is 11.9 Å². The molecule has 7 nitrogen and oxygen atoms in total. The third-order valence-corrected chi connectivity index (χ3v) is 4.08. The van der Waals surface area contributed by atoms with Crippen molar-refractivity contribution < 1.29 is 14.0 Å². The van der Waals surface area contributed by atoms with E-state index in [-0.39, 0.29) is 35.8 Å². The number of carbonyl (C=O) groups is 2. The number of hydrogen-bond acceptors (Lipinski definition) is 4. The largest absolute Gasteiger partial charge is 0.295 e. The normalized spacial score (nSPS) is 15.9. The van der Waals surface area contributed by atoms with Crippen molar-refractivity contribution in [3.8, 4) is 0 Å². The maximum atomic E-state index is 13.7. The average Bonchev–Trinajstić information content (AvgIpc) is 3.04. The minimum Gasteiger partial charge on any atom is -0.295 e. The van der Waals surface area contributed by atoms with Crippen molar-refractivity contribution in [2.45, 2.75) is 12.5 Å². The lowest BCUT2D eigenvalue weighted by Gasteiger charge is -2.23. The molecule has 1 aliphatic heterocycles. The van der Waals surface area contributed by atoms with Crippen molar-refractivity contribution in [3.05, 3.63) is 71.5 Å². The zero-order chi connectivity index (χ0) is 18.1. The molecular formula is C18H14FN5O2. The lowest BCUT2D eigenvalue weighted by atomic mass is 10.0. The first-order valence-electron chi connectivity index (χ1n) is 7.99. The van der Waals surface area contributed by atoms with E-state index in [2.05, 4.69) is 20.7 Å². The van der Waals surface area contributed by atoms with Crippen molar-refractivity contribution in [1.82, 2.24) is 14.8 Å². The predicted molar refractivity (Wildman–Crippen MR) is 92.2 cm³/mol. The first-order chi connectivity index (χ1) is 12.6. The van der Waals surface area contributed by atoms with Gasteiger partial charge in [-0.2, -0.15) is 4.98 Å². The molecule has 130 valence electrons. The van der Waals surface area contributed by atoms with E-state index in [0.717, 1.165) is 5.56 Å². The van der Waals surface area contributed by atoms with Crippen LogP contribution in [-0.4, -0.2) is 26.6 Å². The van der Waals surface area contributed by atoms with Gasteiger partial charge in [-0.3, -0.25) is 20.2 Å². The number of halogens is 1. The van der Waals surface area contributed by atoms with E-state index >= 15 is 0 Å². The number of rotatable bonds is 3. The van der Waals surface area contributed by atoms with Crippen LogP contribution in [-0.2, 0) is 4.79 Å². The van der Waals surface area contributed by atoms with Gasteiger partial charge in [0.1, 0.15) is 5.82 Å². The minimum atomic E-state index is -0.659. The molecule has 0 saturated carbocycles. The van der Waals surface area contributed by atoms with E-state index in [1.807, 2.05) is 30.3 Å². The number of benzene rings is 2. The Balaban J connectivity index is 1.64. The zero-order valence-electron chi connectivity index (χ0n) is 13.5. The maximum Gasteiger partial charge on any atom is 0.261 e. The van der Waals surface area contributed by atoms with Crippen LogP contribution in [0.15, 0.2) is 54.6 Å². The van der Waals surface area contributed by atoms with Gasteiger partial charge in [0, 0.05) is 0 Å². The summed E-state index contributed by atoms with van der Waals surface area (Å²) in [5, 5.41) is 9.37. The number of nitrogens with zero attached hydrogens (tertiary/aromatic N) is 3. The van der Waals surface area contributed by atoms with E-state index in [9.17, 15) is 14.0 Å². The molecular weight excluding hydrogens is 337 g/mol. The van der Waals surface area contributed by atoms with Crippen LogP contribution < -0.4 is 10.6 Å². The second kappa shape index (κ2) is 6.40. The lowest BCUT2D eigenvalue weighted by Crippen LogP contribution is -2.29. The highest BCUT2D eigenvalue weighted by Gasteiger charge is 2.29. The molecule has 3 aromatic rings. The van der Waals surface area contributed by atoms with Gasteiger partial charge in [-0.15, -0.1) is 5.10 Å². The van der Waals surface area contributed by atoms with Gasteiger partial charge in [-0.25, -0.2) is 9.07 Å². The number of carbonyl (C=O) groups excluding carboxylic acids is 2. The van der Waals surface area contributed by atoms with E-state index < -0.39 is 11.7 Å². The summed E-state index contributed by atoms with van der Waals surface area (Å²) in [5.41, 5.74) is 0.796. The maximum absolute atomic E-state index is 13.7. The van der Waals surface area contributed by atoms with Gasteiger partial charge in [0.05, 0.1) is 18.0 Å². The summed E-state index contributed by atoms with van der Waals surface area (Å²) in [6.07, 6.45) is 0.209. The monoisotopic (exact) mass is 351 g/mol. The van der Waals surface area contributed by atoms with Crippen molar-refractivity contribution in [2.24, 2.45) is 0 Å². The SMILES string of the molecule is O=C1CC(c2ccccc2)n2nc(NC(=O)c3ccccc3F)nc2N1. The van der Waals surface area contributed by atoms with E-state index in [1.165, 1.54) is 18.2 Å².